The average Bonchev–Trinajstić information content (AvgIpc) is 2.95. The third-order valence-corrected chi connectivity index (χ3v) is 3.68. The van der Waals surface area contributed by atoms with Gasteiger partial charge in [0.2, 0.25) is 11.2 Å². The van der Waals surface area contributed by atoms with Crippen LogP contribution >= 0.6 is 0 Å². The molecular weight excluding hydrogens is 312 g/mol. The average molecular weight is 328 g/mol. The lowest BCUT2D eigenvalue weighted by Crippen LogP contribution is -2.08. The summed E-state index contributed by atoms with van der Waals surface area (Å²) in [6.45, 7) is 5.27. The van der Waals surface area contributed by atoms with Gasteiger partial charge in [0.05, 0.1) is 12.0 Å². The molecule has 0 atom stereocenters. The molecule has 0 saturated carbocycles. The first kappa shape index (κ1) is 15.9. The van der Waals surface area contributed by atoms with Crippen molar-refractivity contribution in [1.29, 1.82) is 0 Å². The number of hydrogen-bond acceptors (Lipinski definition) is 6. The van der Waals surface area contributed by atoms with Gasteiger partial charge < -0.3 is 18.7 Å². The minimum atomic E-state index is -0.590. The molecule has 1 aromatic carbocycles. The van der Waals surface area contributed by atoms with E-state index < -0.39 is 5.97 Å². The Labute approximate surface area is 137 Å². The maximum Gasteiger partial charge on any atom is 0.374 e. The second-order valence-electron chi connectivity index (χ2n) is 5.38. The predicted molar refractivity (Wildman–Crippen MR) is 87.3 cm³/mol. The van der Waals surface area contributed by atoms with Crippen LogP contribution in [0.1, 0.15) is 28.8 Å². The van der Waals surface area contributed by atoms with Crippen molar-refractivity contribution in [3.05, 3.63) is 51.6 Å². The Kier molecular flexibility index (Phi) is 3.89. The van der Waals surface area contributed by atoms with E-state index in [4.69, 9.17) is 13.6 Å². The number of esters is 1. The molecule has 6 heteroatoms. The molecule has 6 nitrogen and oxygen atoms in total. The first-order valence-corrected chi connectivity index (χ1v) is 7.46. The van der Waals surface area contributed by atoms with E-state index in [1.54, 1.807) is 20.8 Å². The zero-order valence-corrected chi connectivity index (χ0v) is 13.5. The van der Waals surface area contributed by atoms with Gasteiger partial charge in [-0.25, -0.2) is 4.79 Å². The second-order valence-corrected chi connectivity index (χ2v) is 5.38. The standard InChI is InChI=1S/C18H16O6/c1-4-22-18(21)13-6-5-12(24-13)16-10(3)23-14-8-11(19)7-9(2)15(14)17(16)20/h5-8,19H,4H2,1-3H3. The first-order chi connectivity index (χ1) is 11.4. The van der Waals surface area contributed by atoms with E-state index in [1.807, 2.05) is 0 Å². The molecule has 0 aliphatic carbocycles. The van der Waals surface area contributed by atoms with Crippen molar-refractivity contribution in [1.82, 2.24) is 0 Å². The third kappa shape index (κ3) is 2.56. The van der Waals surface area contributed by atoms with Crippen LogP contribution in [0, 0.1) is 13.8 Å². The van der Waals surface area contributed by atoms with Crippen LogP contribution in [0.2, 0.25) is 0 Å². The zero-order chi connectivity index (χ0) is 17.4. The lowest BCUT2D eigenvalue weighted by molar-refractivity contribution is 0.0491. The van der Waals surface area contributed by atoms with Crippen molar-refractivity contribution in [3.63, 3.8) is 0 Å². The largest absolute Gasteiger partial charge is 0.508 e. The molecule has 0 radical (unpaired) electrons. The van der Waals surface area contributed by atoms with E-state index in [0.29, 0.717) is 22.3 Å². The number of furan rings is 1. The summed E-state index contributed by atoms with van der Waals surface area (Å²) in [6, 6.07) is 5.88. The highest BCUT2D eigenvalue weighted by Crippen LogP contribution is 2.29. The quantitative estimate of drug-likeness (QED) is 0.739. The lowest BCUT2D eigenvalue weighted by Gasteiger charge is -2.07. The first-order valence-electron chi connectivity index (χ1n) is 7.46. The number of hydrogen-bond donors (Lipinski definition) is 1. The maximum absolute atomic E-state index is 12.9. The van der Waals surface area contributed by atoms with Crippen molar-refractivity contribution in [2.75, 3.05) is 6.61 Å². The van der Waals surface area contributed by atoms with Crippen LogP contribution in [0.4, 0.5) is 0 Å². The number of aromatic hydroxyl groups is 1. The molecule has 0 aliphatic heterocycles. The minimum Gasteiger partial charge on any atom is -0.508 e. The number of rotatable bonds is 3. The smallest absolute Gasteiger partial charge is 0.374 e. The van der Waals surface area contributed by atoms with Crippen LogP contribution in [0.5, 0.6) is 5.75 Å². The molecular formula is C18H16O6. The van der Waals surface area contributed by atoms with Crippen molar-refractivity contribution in [3.8, 4) is 17.1 Å². The fourth-order valence-electron chi connectivity index (χ4n) is 2.68. The maximum atomic E-state index is 12.9. The van der Waals surface area contributed by atoms with Crippen molar-refractivity contribution in [2.45, 2.75) is 20.8 Å². The molecule has 2 heterocycles. The van der Waals surface area contributed by atoms with Gasteiger partial charge in [0.1, 0.15) is 28.4 Å². The van der Waals surface area contributed by atoms with E-state index >= 15 is 0 Å². The van der Waals surface area contributed by atoms with Crippen molar-refractivity contribution in [2.24, 2.45) is 0 Å². The number of ether oxygens (including phenoxy) is 1. The molecule has 0 amide bonds. The SMILES string of the molecule is CCOC(=O)c1ccc(-c2c(C)oc3cc(O)cc(C)c3c2=O)o1. The summed E-state index contributed by atoms with van der Waals surface area (Å²) in [5, 5.41) is 10.0. The molecule has 0 spiro atoms. The highest BCUT2D eigenvalue weighted by molar-refractivity contribution is 5.88. The molecule has 2 aromatic heterocycles. The summed E-state index contributed by atoms with van der Waals surface area (Å²) in [6.07, 6.45) is 0. The number of aryl methyl sites for hydroxylation is 2. The summed E-state index contributed by atoms with van der Waals surface area (Å²) in [5.74, 6) is 0.0275. The van der Waals surface area contributed by atoms with Gasteiger partial charge in [0.15, 0.2) is 0 Å². The van der Waals surface area contributed by atoms with Crippen LogP contribution in [-0.2, 0) is 4.74 Å². The highest BCUT2D eigenvalue weighted by Gasteiger charge is 2.20. The van der Waals surface area contributed by atoms with Crippen LogP contribution < -0.4 is 5.43 Å². The van der Waals surface area contributed by atoms with E-state index in [0.717, 1.165) is 0 Å². The number of carbonyl (C=O) groups excluding carboxylic acids is 1. The Morgan fingerprint density at radius 3 is 2.67 bits per heavy atom. The Hall–Kier alpha value is -3.02. The normalized spacial score (nSPS) is 11.0. The Bertz CT molecular complexity index is 993. The van der Waals surface area contributed by atoms with Gasteiger partial charge in [-0.2, -0.15) is 0 Å². The van der Waals surface area contributed by atoms with Gasteiger partial charge in [-0.15, -0.1) is 0 Å². The van der Waals surface area contributed by atoms with Crippen LogP contribution in [0.15, 0.2) is 37.9 Å². The summed E-state index contributed by atoms with van der Waals surface area (Å²) < 4.78 is 16.0. The molecule has 124 valence electrons. The summed E-state index contributed by atoms with van der Waals surface area (Å²) >= 11 is 0. The highest BCUT2D eigenvalue weighted by atomic mass is 16.5. The van der Waals surface area contributed by atoms with E-state index in [2.05, 4.69) is 0 Å². The fraction of sp³-hybridized carbons (Fsp3) is 0.222. The fourth-order valence-corrected chi connectivity index (χ4v) is 2.68. The molecule has 0 saturated heterocycles. The van der Waals surface area contributed by atoms with E-state index in [-0.39, 0.29) is 34.9 Å². The number of benzene rings is 1. The van der Waals surface area contributed by atoms with Gasteiger partial charge in [0, 0.05) is 6.07 Å². The molecule has 3 rings (SSSR count). The number of phenolic OH excluding ortho intramolecular Hbond substituents is 1. The van der Waals surface area contributed by atoms with Gasteiger partial charge in [0.25, 0.3) is 0 Å². The number of phenols is 1. The van der Waals surface area contributed by atoms with Gasteiger partial charge in [-0.1, -0.05) is 0 Å². The minimum absolute atomic E-state index is 0.0215. The molecule has 0 fully saturated rings. The zero-order valence-electron chi connectivity index (χ0n) is 13.5. The third-order valence-electron chi connectivity index (χ3n) is 3.68. The van der Waals surface area contributed by atoms with E-state index in [1.165, 1.54) is 24.3 Å². The van der Waals surface area contributed by atoms with Gasteiger partial charge in [-0.3, -0.25) is 4.79 Å². The Balaban J connectivity index is 2.20. The summed E-state index contributed by atoms with van der Waals surface area (Å²) in [4.78, 5) is 24.6. The number of carbonyl (C=O) groups is 1. The molecule has 3 aromatic rings. The van der Waals surface area contributed by atoms with Crippen molar-refractivity contribution >= 4 is 16.9 Å². The summed E-state index contributed by atoms with van der Waals surface area (Å²) in [5.41, 5.74) is 0.857. The van der Waals surface area contributed by atoms with Crippen LogP contribution in [0.25, 0.3) is 22.3 Å². The van der Waals surface area contributed by atoms with E-state index in [9.17, 15) is 14.7 Å². The Morgan fingerprint density at radius 2 is 1.96 bits per heavy atom. The second kappa shape index (κ2) is 5.88. The molecule has 0 aliphatic rings. The topological polar surface area (TPSA) is 89.9 Å². The Morgan fingerprint density at radius 1 is 1.21 bits per heavy atom. The van der Waals surface area contributed by atoms with Gasteiger partial charge in [-0.05, 0) is 44.5 Å². The molecule has 0 bridgehead atoms. The number of fused-ring (bicyclic) bond motifs is 1. The lowest BCUT2D eigenvalue weighted by atomic mass is 10.0. The predicted octanol–water partition coefficient (Wildman–Crippen LogP) is 3.55. The molecule has 24 heavy (non-hydrogen) atoms. The van der Waals surface area contributed by atoms with Crippen LogP contribution in [-0.4, -0.2) is 17.7 Å². The van der Waals surface area contributed by atoms with Crippen LogP contribution in [0.3, 0.4) is 0 Å². The summed E-state index contributed by atoms with van der Waals surface area (Å²) in [7, 11) is 0. The molecule has 0 unspecified atom stereocenters. The van der Waals surface area contributed by atoms with Crippen molar-refractivity contribution < 1.29 is 23.5 Å². The van der Waals surface area contributed by atoms with Gasteiger partial charge >= 0.3 is 5.97 Å². The molecule has 1 N–H and O–H groups in total. The monoisotopic (exact) mass is 328 g/mol.